The van der Waals surface area contributed by atoms with Crippen LogP contribution in [0.4, 0.5) is 5.82 Å². The number of nitrogens with one attached hydrogen (secondary N) is 1. The number of anilines is 1. The third kappa shape index (κ3) is 3.05. The summed E-state index contributed by atoms with van der Waals surface area (Å²) in [5.41, 5.74) is -0.228. The lowest BCUT2D eigenvalue weighted by molar-refractivity contribution is -0.222. The highest BCUT2D eigenvalue weighted by Gasteiger charge is 2.38. The molecule has 1 N–H and O–H groups in total. The molecule has 1 aliphatic rings. The van der Waals surface area contributed by atoms with Crippen LogP contribution < -0.4 is 10.1 Å². The molecule has 2 rings (SSSR count). The van der Waals surface area contributed by atoms with Crippen molar-refractivity contribution < 1.29 is 23.8 Å². The minimum absolute atomic E-state index is 0.228. The van der Waals surface area contributed by atoms with Gasteiger partial charge in [-0.2, -0.15) is 4.98 Å². The van der Waals surface area contributed by atoms with Crippen molar-refractivity contribution in [3.05, 3.63) is 30.0 Å². The third-order valence-corrected chi connectivity index (χ3v) is 2.41. The van der Waals surface area contributed by atoms with Gasteiger partial charge in [0.15, 0.2) is 5.57 Å². The molecule has 0 unspecified atom stereocenters. The summed E-state index contributed by atoms with van der Waals surface area (Å²) in [7, 11) is 1.49. The number of pyridine rings is 1. The number of aromatic nitrogens is 1. The van der Waals surface area contributed by atoms with Crippen LogP contribution in [0.5, 0.6) is 5.88 Å². The zero-order valence-electron chi connectivity index (χ0n) is 11.3. The fourth-order valence-electron chi connectivity index (χ4n) is 1.53. The van der Waals surface area contributed by atoms with Gasteiger partial charge in [-0.3, -0.25) is 0 Å². The van der Waals surface area contributed by atoms with Gasteiger partial charge in [-0.05, 0) is 6.07 Å². The number of nitrogens with zero attached hydrogens (tertiary/aromatic N) is 1. The molecule has 7 heteroatoms. The van der Waals surface area contributed by atoms with Crippen molar-refractivity contribution in [1.82, 2.24) is 4.98 Å². The van der Waals surface area contributed by atoms with Gasteiger partial charge in [-0.25, -0.2) is 9.59 Å². The molecule has 0 amide bonds. The Morgan fingerprint density at radius 2 is 1.90 bits per heavy atom. The Labute approximate surface area is 115 Å². The zero-order valence-corrected chi connectivity index (χ0v) is 11.3. The van der Waals surface area contributed by atoms with Crippen molar-refractivity contribution in [3.63, 3.8) is 0 Å². The van der Waals surface area contributed by atoms with Crippen molar-refractivity contribution in [1.29, 1.82) is 0 Å². The van der Waals surface area contributed by atoms with Gasteiger partial charge in [-0.15, -0.1) is 0 Å². The molecule has 106 valence electrons. The predicted molar refractivity (Wildman–Crippen MR) is 68.8 cm³/mol. The van der Waals surface area contributed by atoms with E-state index in [9.17, 15) is 9.59 Å². The van der Waals surface area contributed by atoms with Gasteiger partial charge in [0.05, 0.1) is 7.11 Å². The van der Waals surface area contributed by atoms with E-state index in [1.165, 1.54) is 27.2 Å². The second-order valence-electron chi connectivity index (χ2n) is 4.45. The molecule has 0 aromatic carbocycles. The molecule has 1 aliphatic heterocycles. The van der Waals surface area contributed by atoms with Crippen molar-refractivity contribution in [2.75, 3.05) is 12.4 Å². The fraction of sp³-hybridized carbons (Fsp3) is 0.308. The standard InChI is InChI=1S/C13H14N2O5/c1-13(2)19-11(16)8(12(17)20-13)7-14-9-5-4-6-10(15-9)18-3/h4-7H,1-3H3,(H,14,15). The molecule has 0 aliphatic carbocycles. The molecular weight excluding hydrogens is 264 g/mol. The van der Waals surface area contributed by atoms with E-state index in [0.29, 0.717) is 11.7 Å². The minimum Gasteiger partial charge on any atom is -0.481 e. The van der Waals surface area contributed by atoms with Gasteiger partial charge < -0.3 is 19.5 Å². The van der Waals surface area contributed by atoms with E-state index < -0.39 is 17.7 Å². The van der Waals surface area contributed by atoms with E-state index >= 15 is 0 Å². The van der Waals surface area contributed by atoms with Gasteiger partial charge in [0.25, 0.3) is 5.79 Å². The summed E-state index contributed by atoms with van der Waals surface area (Å²) < 4.78 is 14.9. The quantitative estimate of drug-likeness (QED) is 0.505. The van der Waals surface area contributed by atoms with Gasteiger partial charge in [-0.1, -0.05) is 6.07 Å². The Balaban J connectivity index is 2.15. The average molecular weight is 278 g/mol. The largest absolute Gasteiger partial charge is 0.481 e. The van der Waals surface area contributed by atoms with Crippen LogP contribution in [-0.4, -0.2) is 29.8 Å². The summed E-state index contributed by atoms with van der Waals surface area (Å²) in [5, 5.41) is 2.72. The Hall–Kier alpha value is -2.57. The smallest absolute Gasteiger partial charge is 0.350 e. The van der Waals surface area contributed by atoms with Crippen LogP contribution in [0.1, 0.15) is 13.8 Å². The summed E-state index contributed by atoms with van der Waals surface area (Å²) in [6.45, 7) is 2.97. The minimum atomic E-state index is -1.25. The number of cyclic esters (lactones) is 2. The molecule has 0 atom stereocenters. The highest BCUT2D eigenvalue weighted by molar-refractivity contribution is 6.15. The van der Waals surface area contributed by atoms with Crippen molar-refractivity contribution in [2.45, 2.75) is 19.6 Å². The van der Waals surface area contributed by atoms with Crippen LogP contribution in [-0.2, 0) is 19.1 Å². The molecule has 0 saturated carbocycles. The van der Waals surface area contributed by atoms with Gasteiger partial charge in [0.1, 0.15) is 5.82 Å². The van der Waals surface area contributed by atoms with Gasteiger partial charge >= 0.3 is 11.9 Å². The first-order valence-electron chi connectivity index (χ1n) is 5.86. The number of ether oxygens (including phenoxy) is 3. The van der Waals surface area contributed by atoms with Crippen LogP contribution in [0.2, 0.25) is 0 Å². The maximum Gasteiger partial charge on any atom is 0.350 e. The lowest BCUT2D eigenvalue weighted by Gasteiger charge is -2.29. The lowest BCUT2D eigenvalue weighted by Crippen LogP contribution is -2.42. The molecule has 1 aromatic heterocycles. The number of methoxy groups -OCH3 is 1. The molecular formula is C13H14N2O5. The van der Waals surface area contributed by atoms with E-state index in [0.717, 1.165) is 0 Å². The number of hydrogen-bond donors (Lipinski definition) is 1. The second-order valence-corrected chi connectivity index (χ2v) is 4.45. The Morgan fingerprint density at radius 1 is 1.25 bits per heavy atom. The van der Waals surface area contributed by atoms with Crippen LogP contribution >= 0.6 is 0 Å². The summed E-state index contributed by atoms with van der Waals surface area (Å²) in [5.74, 6) is -1.92. The van der Waals surface area contributed by atoms with E-state index in [2.05, 4.69) is 10.3 Å². The van der Waals surface area contributed by atoms with Crippen molar-refractivity contribution in [3.8, 4) is 5.88 Å². The van der Waals surface area contributed by atoms with Crippen LogP contribution in [0.3, 0.4) is 0 Å². The molecule has 1 saturated heterocycles. The van der Waals surface area contributed by atoms with Crippen LogP contribution in [0.25, 0.3) is 0 Å². The maximum absolute atomic E-state index is 11.7. The normalized spacial score (nSPS) is 17.1. The first kappa shape index (κ1) is 13.9. The van der Waals surface area contributed by atoms with Crippen molar-refractivity contribution in [2.24, 2.45) is 0 Å². The molecule has 0 spiro atoms. The SMILES string of the molecule is COc1cccc(NC=C2C(=O)OC(C)(C)OC2=O)n1. The summed E-state index contributed by atoms with van der Waals surface area (Å²) >= 11 is 0. The topological polar surface area (TPSA) is 86.8 Å². The Bertz CT molecular complexity index is 558. The predicted octanol–water partition coefficient (Wildman–Crippen LogP) is 1.22. The number of rotatable bonds is 3. The number of esters is 2. The molecule has 1 fully saturated rings. The first-order chi connectivity index (χ1) is 9.41. The van der Waals surface area contributed by atoms with Crippen LogP contribution in [0, 0.1) is 0 Å². The van der Waals surface area contributed by atoms with E-state index in [1.807, 2.05) is 0 Å². The molecule has 1 aromatic rings. The molecule has 0 radical (unpaired) electrons. The Kier molecular flexibility index (Phi) is 3.60. The first-order valence-corrected chi connectivity index (χ1v) is 5.86. The van der Waals surface area contributed by atoms with Crippen LogP contribution in [0.15, 0.2) is 30.0 Å². The number of hydrogen-bond acceptors (Lipinski definition) is 7. The highest BCUT2D eigenvalue weighted by atomic mass is 16.7. The average Bonchev–Trinajstić information content (AvgIpc) is 2.36. The molecule has 7 nitrogen and oxygen atoms in total. The fourth-order valence-corrected chi connectivity index (χ4v) is 1.53. The number of carbonyl (C=O) groups is 2. The van der Waals surface area contributed by atoms with E-state index in [4.69, 9.17) is 14.2 Å². The summed E-state index contributed by atoms with van der Waals surface area (Å²) in [6, 6.07) is 5.04. The third-order valence-electron chi connectivity index (χ3n) is 2.41. The molecule has 20 heavy (non-hydrogen) atoms. The van der Waals surface area contributed by atoms with Gasteiger partial charge in [0.2, 0.25) is 5.88 Å². The van der Waals surface area contributed by atoms with Crippen molar-refractivity contribution >= 4 is 17.8 Å². The number of carbonyl (C=O) groups excluding carboxylic acids is 2. The molecule has 0 bridgehead atoms. The van der Waals surface area contributed by atoms with E-state index in [-0.39, 0.29) is 5.57 Å². The lowest BCUT2D eigenvalue weighted by atomic mass is 10.2. The highest BCUT2D eigenvalue weighted by Crippen LogP contribution is 2.22. The monoisotopic (exact) mass is 278 g/mol. The summed E-state index contributed by atoms with van der Waals surface area (Å²) in [4.78, 5) is 27.4. The zero-order chi connectivity index (χ0) is 14.8. The summed E-state index contributed by atoms with van der Waals surface area (Å²) in [6.07, 6.45) is 1.20. The van der Waals surface area contributed by atoms with E-state index in [1.54, 1.807) is 18.2 Å². The molecule has 2 heterocycles. The Morgan fingerprint density at radius 3 is 2.50 bits per heavy atom. The second kappa shape index (κ2) is 5.20. The van der Waals surface area contributed by atoms with Gasteiger partial charge in [0, 0.05) is 26.1 Å². The maximum atomic E-state index is 11.7.